The molecule has 0 saturated heterocycles. The molecule has 0 bridgehead atoms. The monoisotopic (exact) mass is 274 g/mol. The molecule has 1 fully saturated rings. The van der Waals surface area contributed by atoms with Crippen LogP contribution >= 0.6 is 0 Å². The Kier molecular flexibility index (Phi) is 2.65. The van der Waals surface area contributed by atoms with Crippen LogP contribution in [0.3, 0.4) is 0 Å². The first-order chi connectivity index (χ1) is 10.3. The summed E-state index contributed by atoms with van der Waals surface area (Å²) in [4.78, 5) is 11.0. The Morgan fingerprint density at radius 2 is 1.62 bits per heavy atom. The van der Waals surface area contributed by atoms with E-state index in [-0.39, 0.29) is 5.41 Å². The van der Waals surface area contributed by atoms with E-state index in [9.17, 15) is 4.79 Å². The number of fused-ring (bicyclic) bond motifs is 5. The molecule has 4 rings (SSSR count). The third kappa shape index (κ3) is 1.61. The van der Waals surface area contributed by atoms with Crippen LogP contribution in [0.1, 0.15) is 30.4 Å². The number of hydrogen-bond donors (Lipinski definition) is 0. The van der Waals surface area contributed by atoms with Crippen molar-refractivity contribution in [2.24, 2.45) is 5.92 Å². The zero-order valence-electron chi connectivity index (χ0n) is 12.0. The van der Waals surface area contributed by atoms with Crippen molar-refractivity contribution in [3.8, 4) is 11.1 Å². The minimum atomic E-state index is 0.0396. The van der Waals surface area contributed by atoms with Crippen LogP contribution in [0.5, 0.6) is 0 Å². The number of hydrogen-bond acceptors (Lipinski definition) is 1. The van der Waals surface area contributed by atoms with Gasteiger partial charge in [0.25, 0.3) is 0 Å². The molecule has 0 heterocycles. The van der Waals surface area contributed by atoms with Crippen LogP contribution in [0.25, 0.3) is 11.1 Å². The molecule has 0 unspecified atom stereocenters. The summed E-state index contributed by atoms with van der Waals surface area (Å²) in [5, 5.41) is 0. The van der Waals surface area contributed by atoms with Gasteiger partial charge in [0.15, 0.2) is 0 Å². The summed E-state index contributed by atoms with van der Waals surface area (Å²) in [7, 11) is 0. The van der Waals surface area contributed by atoms with E-state index in [0.717, 1.165) is 19.1 Å². The van der Waals surface area contributed by atoms with Crippen LogP contribution in [-0.2, 0) is 10.2 Å². The van der Waals surface area contributed by atoms with Crippen molar-refractivity contribution in [3.05, 3.63) is 71.8 Å². The number of carbonyl (C=O) groups excluding carboxylic acids is 1. The van der Waals surface area contributed by atoms with Gasteiger partial charge in [-0.3, -0.25) is 0 Å². The maximum Gasteiger partial charge on any atom is 0.120 e. The lowest BCUT2D eigenvalue weighted by Gasteiger charge is -2.26. The van der Waals surface area contributed by atoms with E-state index in [1.165, 1.54) is 27.8 Å². The number of allylic oxidation sites excluding steroid dienone is 1. The Morgan fingerprint density at radius 3 is 2.19 bits per heavy atom. The molecule has 1 saturated carbocycles. The summed E-state index contributed by atoms with van der Waals surface area (Å²) >= 11 is 0. The van der Waals surface area contributed by atoms with Crippen molar-refractivity contribution in [2.45, 2.75) is 24.7 Å². The van der Waals surface area contributed by atoms with Gasteiger partial charge in [0.2, 0.25) is 0 Å². The SMILES string of the molecule is C=C1CC2(C[C@H]1CC=O)c1ccccc1-c1ccccc12. The lowest BCUT2D eigenvalue weighted by molar-refractivity contribution is -0.108. The van der Waals surface area contributed by atoms with Gasteiger partial charge in [0.05, 0.1) is 0 Å². The smallest absolute Gasteiger partial charge is 0.120 e. The highest BCUT2D eigenvalue weighted by molar-refractivity contribution is 5.81. The molecule has 2 aliphatic rings. The Hall–Kier alpha value is -2.15. The van der Waals surface area contributed by atoms with Crippen molar-refractivity contribution >= 4 is 6.29 Å². The highest BCUT2D eigenvalue weighted by atomic mass is 16.1. The van der Waals surface area contributed by atoms with Crippen molar-refractivity contribution < 1.29 is 4.79 Å². The molecule has 0 radical (unpaired) electrons. The minimum Gasteiger partial charge on any atom is -0.303 e. The van der Waals surface area contributed by atoms with Gasteiger partial charge in [-0.25, -0.2) is 0 Å². The standard InChI is InChI=1S/C20H18O/c1-14-12-20(13-15(14)10-11-21)18-8-4-2-6-16(18)17-7-3-5-9-19(17)20/h2-9,11,15H,1,10,12-13H2/t15-/m1/s1. The normalized spacial score (nSPS) is 21.3. The first kappa shape index (κ1) is 12.6. The maximum absolute atomic E-state index is 11.0. The van der Waals surface area contributed by atoms with Gasteiger partial charge >= 0.3 is 0 Å². The van der Waals surface area contributed by atoms with Crippen molar-refractivity contribution in [1.29, 1.82) is 0 Å². The van der Waals surface area contributed by atoms with Gasteiger partial charge in [-0.2, -0.15) is 0 Å². The Balaban J connectivity index is 1.94. The van der Waals surface area contributed by atoms with Gasteiger partial charge in [0, 0.05) is 11.8 Å². The van der Waals surface area contributed by atoms with E-state index in [4.69, 9.17) is 0 Å². The number of benzene rings is 2. The predicted molar refractivity (Wildman–Crippen MR) is 85.2 cm³/mol. The van der Waals surface area contributed by atoms with Crippen LogP contribution in [0.15, 0.2) is 60.7 Å². The summed E-state index contributed by atoms with van der Waals surface area (Å²) in [6, 6.07) is 17.4. The van der Waals surface area contributed by atoms with E-state index >= 15 is 0 Å². The van der Waals surface area contributed by atoms with Crippen molar-refractivity contribution in [1.82, 2.24) is 0 Å². The van der Waals surface area contributed by atoms with Crippen LogP contribution in [-0.4, -0.2) is 6.29 Å². The number of rotatable bonds is 2. The summed E-state index contributed by atoms with van der Waals surface area (Å²) in [6.45, 7) is 4.26. The van der Waals surface area contributed by atoms with Crippen molar-refractivity contribution in [3.63, 3.8) is 0 Å². The molecule has 0 amide bonds. The fourth-order valence-corrected chi connectivity index (χ4v) is 4.36. The summed E-state index contributed by atoms with van der Waals surface area (Å²) in [5.41, 5.74) is 6.81. The first-order valence-corrected chi connectivity index (χ1v) is 7.57. The number of carbonyl (C=O) groups is 1. The Labute approximate surface area is 125 Å². The molecule has 1 spiro atoms. The van der Waals surface area contributed by atoms with E-state index in [1.54, 1.807) is 0 Å². The molecule has 1 atom stereocenters. The second-order valence-corrected chi connectivity index (χ2v) is 6.31. The second kappa shape index (κ2) is 4.42. The van der Waals surface area contributed by atoms with E-state index < -0.39 is 0 Å². The van der Waals surface area contributed by atoms with E-state index in [0.29, 0.717) is 12.3 Å². The molecule has 2 aromatic carbocycles. The average Bonchev–Trinajstić information content (AvgIpc) is 2.98. The third-order valence-electron chi connectivity index (χ3n) is 5.26. The van der Waals surface area contributed by atoms with Crippen LogP contribution in [0.4, 0.5) is 0 Å². The third-order valence-corrected chi connectivity index (χ3v) is 5.26. The molecule has 104 valence electrons. The lowest BCUT2D eigenvalue weighted by Crippen LogP contribution is -2.21. The van der Waals surface area contributed by atoms with E-state index in [2.05, 4.69) is 55.1 Å². The highest BCUT2D eigenvalue weighted by Crippen LogP contribution is 2.59. The molecule has 0 N–H and O–H groups in total. The fourth-order valence-electron chi connectivity index (χ4n) is 4.36. The lowest BCUT2D eigenvalue weighted by atomic mass is 9.76. The van der Waals surface area contributed by atoms with Crippen LogP contribution < -0.4 is 0 Å². The second-order valence-electron chi connectivity index (χ2n) is 6.31. The maximum atomic E-state index is 11.0. The van der Waals surface area contributed by atoms with Crippen LogP contribution in [0, 0.1) is 5.92 Å². The van der Waals surface area contributed by atoms with Crippen molar-refractivity contribution in [2.75, 3.05) is 0 Å². The molecule has 1 heteroatoms. The molecule has 0 aromatic heterocycles. The molecular formula is C20H18O. The number of aldehydes is 1. The summed E-state index contributed by atoms with van der Waals surface area (Å²) in [5.74, 6) is 0.321. The molecule has 2 aromatic rings. The largest absolute Gasteiger partial charge is 0.303 e. The topological polar surface area (TPSA) is 17.1 Å². The Morgan fingerprint density at radius 1 is 1.05 bits per heavy atom. The summed E-state index contributed by atoms with van der Waals surface area (Å²) in [6.07, 6.45) is 3.63. The highest BCUT2D eigenvalue weighted by Gasteiger charge is 2.49. The quantitative estimate of drug-likeness (QED) is 0.581. The Bertz CT molecular complexity index is 696. The average molecular weight is 274 g/mol. The van der Waals surface area contributed by atoms with Gasteiger partial charge in [-0.05, 0) is 41.0 Å². The molecule has 21 heavy (non-hydrogen) atoms. The van der Waals surface area contributed by atoms with Gasteiger partial charge in [0.1, 0.15) is 6.29 Å². The minimum absolute atomic E-state index is 0.0396. The van der Waals surface area contributed by atoms with Gasteiger partial charge in [-0.15, -0.1) is 0 Å². The molecule has 2 aliphatic carbocycles. The zero-order valence-corrected chi connectivity index (χ0v) is 12.0. The molecule has 0 aliphatic heterocycles. The predicted octanol–water partition coefficient (Wildman–Crippen LogP) is 4.51. The fraction of sp³-hybridized carbons (Fsp3) is 0.250. The molecular weight excluding hydrogens is 256 g/mol. The van der Waals surface area contributed by atoms with E-state index in [1.807, 2.05) is 0 Å². The van der Waals surface area contributed by atoms with Gasteiger partial charge < -0.3 is 4.79 Å². The van der Waals surface area contributed by atoms with Crippen LogP contribution in [0.2, 0.25) is 0 Å². The summed E-state index contributed by atoms with van der Waals surface area (Å²) < 4.78 is 0. The van der Waals surface area contributed by atoms with Gasteiger partial charge in [-0.1, -0.05) is 60.7 Å². The zero-order chi connectivity index (χ0) is 14.4. The first-order valence-electron chi connectivity index (χ1n) is 7.57. The molecule has 1 nitrogen and oxygen atoms in total.